The smallest absolute Gasteiger partial charge is 0.225 e. The second-order valence-corrected chi connectivity index (χ2v) is 3.53. The van der Waals surface area contributed by atoms with Crippen LogP contribution in [-0.2, 0) is 23.1 Å². The highest BCUT2D eigenvalue weighted by molar-refractivity contribution is 5.90. The van der Waals surface area contributed by atoms with E-state index >= 15 is 0 Å². The van der Waals surface area contributed by atoms with Crippen molar-refractivity contribution in [3.63, 3.8) is 0 Å². The molecule has 16 heavy (non-hydrogen) atoms. The molecule has 0 aliphatic heterocycles. The highest BCUT2D eigenvalue weighted by Crippen LogP contribution is 2.11. The average Bonchev–Trinajstić information content (AvgIpc) is 2.59. The Morgan fingerprint density at radius 1 is 1.69 bits per heavy atom. The number of amides is 1. The highest BCUT2D eigenvalue weighted by Gasteiger charge is 2.09. The van der Waals surface area contributed by atoms with Gasteiger partial charge in [-0.2, -0.15) is 5.10 Å². The van der Waals surface area contributed by atoms with Crippen LogP contribution in [0.2, 0.25) is 0 Å². The molecule has 0 saturated carbocycles. The number of aryl methyl sites for hydroxylation is 1. The molecule has 1 rings (SSSR count). The minimum absolute atomic E-state index is 0.0644. The number of aromatic nitrogens is 2. The molecule has 1 aromatic heterocycles. The van der Waals surface area contributed by atoms with E-state index in [1.807, 2.05) is 0 Å². The Morgan fingerprint density at radius 2 is 2.44 bits per heavy atom. The van der Waals surface area contributed by atoms with Crippen LogP contribution in [0.3, 0.4) is 0 Å². The second kappa shape index (κ2) is 6.24. The molecule has 0 aliphatic rings. The van der Waals surface area contributed by atoms with Crippen LogP contribution in [0.5, 0.6) is 0 Å². The van der Waals surface area contributed by atoms with Gasteiger partial charge in [0.1, 0.15) is 0 Å². The van der Waals surface area contributed by atoms with E-state index in [4.69, 9.17) is 10.5 Å². The number of carbonyl (C=O) groups excluding carboxylic acids is 1. The number of rotatable bonds is 6. The number of carbonyl (C=O) groups is 1. The first-order valence-corrected chi connectivity index (χ1v) is 5.18. The van der Waals surface area contributed by atoms with Gasteiger partial charge in [0, 0.05) is 45.5 Å². The quantitative estimate of drug-likeness (QED) is 0.681. The molecule has 1 amide bonds. The molecule has 0 unspecified atom stereocenters. The molecule has 0 spiro atoms. The number of methoxy groups -OCH3 is 1. The molecule has 6 heteroatoms. The molecule has 0 aromatic carbocycles. The monoisotopic (exact) mass is 226 g/mol. The molecular formula is C10H18N4O2. The van der Waals surface area contributed by atoms with Gasteiger partial charge in [0.05, 0.1) is 0 Å². The van der Waals surface area contributed by atoms with E-state index in [2.05, 4.69) is 10.4 Å². The van der Waals surface area contributed by atoms with Gasteiger partial charge in [0.25, 0.3) is 0 Å². The summed E-state index contributed by atoms with van der Waals surface area (Å²) in [6.45, 7) is 0.945. The largest absolute Gasteiger partial charge is 0.385 e. The van der Waals surface area contributed by atoms with Gasteiger partial charge >= 0.3 is 0 Å². The normalized spacial score (nSPS) is 10.4. The lowest BCUT2D eigenvalue weighted by molar-refractivity contribution is -0.116. The molecule has 0 saturated heterocycles. The first-order valence-electron chi connectivity index (χ1n) is 5.18. The maximum absolute atomic E-state index is 11.5. The Morgan fingerprint density at radius 3 is 3.06 bits per heavy atom. The minimum Gasteiger partial charge on any atom is -0.385 e. The third kappa shape index (κ3) is 3.63. The van der Waals surface area contributed by atoms with Crippen LogP contribution < -0.4 is 11.1 Å². The van der Waals surface area contributed by atoms with Gasteiger partial charge in [-0.15, -0.1) is 0 Å². The fourth-order valence-corrected chi connectivity index (χ4v) is 1.36. The second-order valence-electron chi connectivity index (χ2n) is 3.53. The van der Waals surface area contributed by atoms with Crippen molar-refractivity contribution in [3.8, 4) is 0 Å². The zero-order valence-electron chi connectivity index (χ0n) is 9.69. The summed E-state index contributed by atoms with van der Waals surface area (Å²) in [6.07, 6.45) is 2.92. The first kappa shape index (κ1) is 12.7. The minimum atomic E-state index is -0.0644. The number of nitrogens with zero attached hydrogens (tertiary/aromatic N) is 2. The van der Waals surface area contributed by atoms with E-state index in [-0.39, 0.29) is 5.91 Å². The van der Waals surface area contributed by atoms with Crippen molar-refractivity contribution in [3.05, 3.63) is 11.8 Å². The van der Waals surface area contributed by atoms with E-state index in [1.165, 1.54) is 0 Å². The van der Waals surface area contributed by atoms with Crippen molar-refractivity contribution in [1.29, 1.82) is 0 Å². The molecule has 6 nitrogen and oxygen atoms in total. The Labute approximate surface area is 94.8 Å². The van der Waals surface area contributed by atoms with Crippen LogP contribution in [0.15, 0.2) is 6.20 Å². The van der Waals surface area contributed by atoms with Gasteiger partial charge in [-0.05, 0) is 6.42 Å². The van der Waals surface area contributed by atoms with Crippen LogP contribution in [0.1, 0.15) is 18.4 Å². The molecule has 3 N–H and O–H groups in total. The number of nitrogens with one attached hydrogen (secondary N) is 1. The van der Waals surface area contributed by atoms with E-state index < -0.39 is 0 Å². The summed E-state index contributed by atoms with van der Waals surface area (Å²) in [5, 5.41) is 6.86. The molecule has 0 fully saturated rings. The Hall–Kier alpha value is -1.40. The Bertz CT molecular complexity index is 349. The molecule has 1 heterocycles. The van der Waals surface area contributed by atoms with Gasteiger partial charge in [0.15, 0.2) is 5.82 Å². The third-order valence-corrected chi connectivity index (χ3v) is 2.13. The zero-order valence-corrected chi connectivity index (χ0v) is 9.69. The van der Waals surface area contributed by atoms with Gasteiger partial charge in [-0.3, -0.25) is 9.48 Å². The van der Waals surface area contributed by atoms with E-state index in [0.29, 0.717) is 31.8 Å². The van der Waals surface area contributed by atoms with E-state index in [9.17, 15) is 4.79 Å². The molecule has 0 aliphatic carbocycles. The predicted molar refractivity (Wildman–Crippen MR) is 60.8 cm³/mol. The van der Waals surface area contributed by atoms with Gasteiger partial charge in [-0.1, -0.05) is 0 Å². The van der Waals surface area contributed by atoms with Crippen molar-refractivity contribution in [2.45, 2.75) is 19.4 Å². The maximum atomic E-state index is 11.5. The highest BCUT2D eigenvalue weighted by atomic mass is 16.5. The van der Waals surface area contributed by atoms with Gasteiger partial charge < -0.3 is 15.8 Å². The molecule has 0 radical (unpaired) electrons. The Kier molecular flexibility index (Phi) is 4.94. The molecule has 0 atom stereocenters. The number of hydrogen-bond acceptors (Lipinski definition) is 4. The van der Waals surface area contributed by atoms with Crippen LogP contribution in [0.4, 0.5) is 5.82 Å². The lowest BCUT2D eigenvalue weighted by atomic mass is 10.3. The number of anilines is 1. The fourth-order valence-electron chi connectivity index (χ4n) is 1.36. The van der Waals surface area contributed by atoms with Crippen LogP contribution in [0.25, 0.3) is 0 Å². The maximum Gasteiger partial charge on any atom is 0.225 e. The predicted octanol–water partition coefficient (Wildman–Crippen LogP) is 0.244. The summed E-state index contributed by atoms with van der Waals surface area (Å²) in [7, 11) is 3.41. The molecule has 90 valence electrons. The van der Waals surface area contributed by atoms with Gasteiger partial charge in [0.2, 0.25) is 5.91 Å². The standard InChI is InChI=1S/C10H18N4O2/c1-14-7-8(6-11)10(13-14)12-9(15)4-3-5-16-2/h7H,3-6,11H2,1-2H3,(H,12,13,15). The Balaban J connectivity index is 2.48. The van der Waals surface area contributed by atoms with Crippen molar-refractivity contribution in [2.75, 3.05) is 19.0 Å². The number of nitrogens with two attached hydrogens (primary N) is 1. The van der Waals surface area contributed by atoms with Crippen molar-refractivity contribution >= 4 is 11.7 Å². The van der Waals surface area contributed by atoms with Crippen LogP contribution in [0, 0.1) is 0 Å². The summed E-state index contributed by atoms with van der Waals surface area (Å²) in [5.41, 5.74) is 6.37. The number of hydrogen-bond donors (Lipinski definition) is 2. The lowest BCUT2D eigenvalue weighted by Crippen LogP contribution is -2.14. The summed E-state index contributed by atoms with van der Waals surface area (Å²) in [4.78, 5) is 11.5. The van der Waals surface area contributed by atoms with Crippen molar-refractivity contribution < 1.29 is 9.53 Å². The fraction of sp³-hybridized carbons (Fsp3) is 0.600. The van der Waals surface area contributed by atoms with Gasteiger partial charge in [-0.25, -0.2) is 0 Å². The summed E-state index contributed by atoms with van der Waals surface area (Å²) < 4.78 is 6.50. The van der Waals surface area contributed by atoms with E-state index in [1.54, 1.807) is 25.0 Å². The SMILES string of the molecule is COCCCC(=O)Nc1nn(C)cc1CN. The average molecular weight is 226 g/mol. The third-order valence-electron chi connectivity index (χ3n) is 2.13. The summed E-state index contributed by atoms with van der Waals surface area (Å²) in [6, 6.07) is 0. The topological polar surface area (TPSA) is 82.2 Å². The first-order chi connectivity index (χ1) is 7.67. The number of ether oxygens (including phenoxy) is 1. The van der Waals surface area contributed by atoms with Crippen molar-refractivity contribution in [2.24, 2.45) is 12.8 Å². The lowest BCUT2D eigenvalue weighted by Gasteiger charge is -2.03. The molecular weight excluding hydrogens is 208 g/mol. The molecule has 0 bridgehead atoms. The van der Waals surface area contributed by atoms with E-state index in [0.717, 1.165) is 5.56 Å². The summed E-state index contributed by atoms with van der Waals surface area (Å²) in [5.74, 6) is 0.484. The van der Waals surface area contributed by atoms with Crippen molar-refractivity contribution in [1.82, 2.24) is 9.78 Å². The zero-order chi connectivity index (χ0) is 12.0. The van der Waals surface area contributed by atoms with Crippen LogP contribution in [-0.4, -0.2) is 29.4 Å². The summed E-state index contributed by atoms with van der Waals surface area (Å²) >= 11 is 0. The molecule has 1 aromatic rings. The van der Waals surface area contributed by atoms with Crippen LogP contribution >= 0.6 is 0 Å².